The van der Waals surface area contributed by atoms with Crippen molar-refractivity contribution in [2.24, 2.45) is 0 Å². The van der Waals surface area contributed by atoms with E-state index >= 15 is 0 Å². The summed E-state index contributed by atoms with van der Waals surface area (Å²) in [5.74, 6) is 0.544. The summed E-state index contributed by atoms with van der Waals surface area (Å²) in [6.07, 6.45) is 4.65. The predicted octanol–water partition coefficient (Wildman–Crippen LogP) is 1.39. The van der Waals surface area contributed by atoms with Crippen molar-refractivity contribution >= 4 is 0 Å². The minimum atomic E-state index is 0.544. The minimum Gasteiger partial charge on any atom is -0.138 e. The van der Waals surface area contributed by atoms with Gasteiger partial charge in [-0.2, -0.15) is 0 Å². The lowest BCUT2D eigenvalue weighted by molar-refractivity contribution is 0.706. The highest BCUT2D eigenvalue weighted by Gasteiger charge is 2.01. The summed E-state index contributed by atoms with van der Waals surface area (Å²) in [5.41, 5.74) is 1.16. The van der Waals surface area contributed by atoms with Crippen LogP contribution in [0.4, 0.5) is 0 Å². The third-order valence-corrected chi connectivity index (χ3v) is 1.70. The smallest absolute Gasteiger partial charge is 0.0564 e. The molecule has 0 aromatic carbocycles. The van der Waals surface area contributed by atoms with E-state index in [0.29, 0.717) is 5.92 Å². The van der Waals surface area contributed by atoms with E-state index < -0.39 is 0 Å². The molecular weight excluding hydrogens is 126 g/mol. The molecule has 0 N–H and O–H groups in total. The van der Waals surface area contributed by atoms with Gasteiger partial charge < -0.3 is 0 Å². The van der Waals surface area contributed by atoms with E-state index in [0.717, 1.165) is 12.0 Å². The Morgan fingerprint density at radius 2 is 2.00 bits per heavy atom. The molecule has 3 nitrogen and oxygen atoms in total. The SMILES string of the molecule is CCC(C)c1cnnnc1. The highest BCUT2D eigenvalue weighted by Crippen LogP contribution is 2.14. The topological polar surface area (TPSA) is 38.7 Å². The molecule has 0 fully saturated rings. The Labute approximate surface area is 60.5 Å². The van der Waals surface area contributed by atoms with E-state index in [9.17, 15) is 0 Å². The summed E-state index contributed by atoms with van der Waals surface area (Å²) >= 11 is 0. The molecule has 1 atom stereocenters. The molecule has 0 aliphatic heterocycles. The molecular formula is C7H11N3. The molecule has 1 heterocycles. The first kappa shape index (κ1) is 7.12. The molecule has 0 aliphatic carbocycles. The molecule has 0 saturated heterocycles. The fourth-order valence-electron chi connectivity index (χ4n) is 0.738. The van der Waals surface area contributed by atoms with Crippen molar-refractivity contribution in [1.29, 1.82) is 0 Å². The highest BCUT2D eigenvalue weighted by molar-refractivity contribution is 5.06. The number of hydrogen-bond acceptors (Lipinski definition) is 3. The number of hydrogen-bond donors (Lipinski definition) is 0. The zero-order valence-electron chi connectivity index (χ0n) is 6.28. The molecule has 0 aliphatic rings. The van der Waals surface area contributed by atoms with E-state index in [2.05, 4.69) is 29.3 Å². The van der Waals surface area contributed by atoms with Crippen molar-refractivity contribution in [2.75, 3.05) is 0 Å². The first-order valence-electron chi connectivity index (χ1n) is 3.48. The van der Waals surface area contributed by atoms with E-state index in [1.54, 1.807) is 12.4 Å². The lowest BCUT2D eigenvalue weighted by Crippen LogP contribution is -1.95. The second-order valence-corrected chi connectivity index (χ2v) is 2.39. The van der Waals surface area contributed by atoms with Gasteiger partial charge in [-0.05, 0) is 23.1 Å². The second-order valence-electron chi connectivity index (χ2n) is 2.39. The zero-order chi connectivity index (χ0) is 7.40. The monoisotopic (exact) mass is 137 g/mol. The Kier molecular flexibility index (Phi) is 2.31. The molecule has 10 heavy (non-hydrogen) atoms. The van der Waals surface area contributed by atoms with Gasteiger partial charge in [0.25, 0.3) is 0 Å². The second kappa shape index (κ2) is 3.25. The van der Waals surface area contributed by atoms with Gasteiger partial charge in [0.2, 0.25) is 0 Å². The first-order valence-corrected chi connectivity index (χ1v) is 3.48. The van der Waals surface area contributed by atoms with Gasteiger partial charge in [0.05, 0.1) is 12.4 Å². The van der Waals surface area contributed by atoms with Crippen molar-refractivity contribution in [3.63, 3.8) is 0 Å². The quantitative estimate of drug-likeness (QED) is 0.618. The van der Waals surface area contributed by atoms with Crippen LogP contribution in [0.3, 0.4) is 0 Å². The van der Waals surface area contributed by atoms with Crippen LogP contribution in [0.25, 0.3) is 0 Å². The first-order chi connectivity index (χ1) is 4.84. The molecule has 1 aromatic heterocycles. The molecule has 0 radical (unpaired) electrons. The van der Waals surface area contributed by atoms with Crippen molar-refractivity contribution in [1.82, 2.24) is 15.4 Å². The Bertz CT molecular complexity index is 185. The molecule has 0 spiro atoms. The van der Waals surface area contributed by atoms with Crippen LogP contribution < -0.4 is 0 Å². The maximum atomic E-state index is 3.69. The molecule has 0 amide bonds. The van der Waals surface area contributed by atoms with Crippen molar-refractivity contribution in [2.45, 2.75) is 26.2 Å². The van der Waals surface area contributed by atoms with Gasteiger partial charge in [-0.15, -0.1) is 10.2 Å². The van der Waals surface area contributed by atoms with Crippen molar-refractivity contribution in [3.05, 3.63) is 18.0 Å². The van der Waals surface area contributed by atoms with Crippen LogP contribution in [-0.4, -0.2) is 15.4 Å². The van der Waals surface area contributed by atoms with Crippen molar-refractivity contribution in [3.8, 4) is 0 Å². The van der Waals surface area contributed by atoms with E-state index in [1.807, 2.05) is 0 Å². The molecule has 1 unspecified atom stereocenters. The Balaban J connectivity index is 2.75. The summed E-state index contributed by atoms with van der Waals surface area (Å²) in [6, 6.07) is 0. The Morgan fingerprint density at radius 3 is 2.50 bits per heavy atom. The van der Waals surface area contributed by atoms with Gasteiger partial charge in [-0.25, -0.2) is 0 Å². The Hall–Kier alpha value is -0.990. The summed E-state index contributed by atoms with van der Waals surface area (Å²) in [6.45, 7) is 4.30. The lowest BCUT2D eigenvalue weighted by Gasteiger charge is -2.04. The highest BCUT2D eigenvalue weighted by atomic mass is 15.3. The van der Waals surface area contributed by atoms with Crippen LogP contribution in [0.15, 0.2) is 12.4 Å². The average Bonchev–Trinajstić information content (AvgIpc) is 2.05. The minimum absolute atomic E-state index is 0.544. The third-order valence-electron chi connectivity index (χ3n) is 1.70. The third kappa shape index (κ3) is 1.50. The fourth-order valence-corrected chi connectivity index (χ4v) is 0.738. The summed E-state index contributed by atoms with van der Waals surface area (Å²) in [4.78, 5) is 0. The van der Waals surface area contributed by atoms with E-state index in [4.69, 9.17) is 0 Å². The Morgan fingerprint density at radius 1 is 1.40 bits per heavy atom. The summed E-state index contributed by atoms with van der Waals surface area (Å²) < 4.78 is 0. The van der Waals surface area contributed by atoms with Crippen LogP contribution in [0.1, 0.15) is 31.7 Å². The van der Waals surface area contributed by atoms with Crippen LogP contribution in [0, 0.1) is 0 Å². The number of aromatic nitrogens is 3. The predicted molar refractivity (Wildman–Crippen MR) is 38.5 cm³/mol. The number of rotatable bonds is 2. The average molecular weight is 137 g/mol. The largest absolute Gasteiger partial charge is 0.138 e. The summed E-state index contributed by atoms with van der Waals surface area (Å²) in [5, 5.41) is 10.8. The molecule has 1 rings (SSSR count). The number of nitrogens with zero attached hydrogens (tertiary/aromatic N) is 3. The maximum absolute atomic E-state index is 3.69. The van der Waals surface area contributed by atoms with Crippen LogP contribution in [0.5, 0.6) is 0 Å². The zero-order valence-corrected chi connectivity index (χ0v) is 6.28. The fraction of sp³-hybridized carbons (Fsp3) is 0.571. The van der Waals surface area contributed by atoms with Gasteiger partial charge in [-0.3, -0.25) is 0 Å². The molecule has 54 valence electrons. The van der Waals surface area contributed by atoms with Gasteiger partial charge in [-0.1, -0.05) is 13.8 Å². The van der Waals surface area contributed by atoms with Gasteiger partial charge in [0.1, 0.15) is 0 Å². The van der Waals surface area contributed by atoms with Crippen LogP contribution in [0.2, 0.25) is 0 Å². The standard InChI is InChI=1S/C7H11N3/c1-3-6(2)7-4-8-10-9-5-7/h4-6H,3H2,1-2H3. The molecule has 0 saturated carbocycles. The molecule has 0 bridgehead atoms. The molecule has 3 heteroatoms. The normalized spacial score (nSPS) is 13.0. The van der Waals surface area contributed by atoms with Crippen LogP contribution in [-0.2, 0) is 0 Å². The summed E-state index contributed by atoms with van der Waals surface area (Å²) in [7, 11) is 0. The van der Waals surface area contributed by atoms with Gasteiger partial charge in [0, 0.05) is 0 Å². The van der Waals surface area contributed by atoms with Crippen LogP contribution >= 0.6 is 0 Å². The molecule has 1 aromatic rings. The lowest BCUT2D eigenvalue weighted by atomic mass is 10.0. The van der Waals surface area contributed by atoms with Crippen molar-refractivity contribution < 1.29 is 0 Å². The van der Waals surface area contributed by atoms with E-state index in [1.165, 1.54) is 0 Å². The maximum Gasteiger partial charge on any atom is 0.0564 e. The van der Waals surface area contributed by atoms with Gasteiger partial charge in [0.15, 0.2) is 0 Å². The van der Waals surface area contributed by atoms with E-state index in [-0.39, 0.29) is 0 Å². The van der Waals surface area contributed by atoms with Gasteiger partial charge >= 0.3 is 0 Å².